The lowest BCUT2D eigenvalue weighted by molar-refractivity contribution is 0.0921. The number of benzene rings is 2. The first kappa shape index (κ1) is 14.3. The van der Waals surface area contributed by atoms with Crippen molar-refractivity contribution in [2.75, 3.05) is 6.61 Å². The van der Waals surface area contributed by atoms with Crippen LogP contribution in [0.15, 0.2) is 42.5 Å². The summed E-state index contributed by atoms with van der Waals surface area (Å²) >= 11 is 0. The second kappa shape index (κ2) is 6.44. The zero-order valence-corrected chi connectivity index (χ0v) is 12.3. The number of hydrogen-bond donors (Lipinski definition) is 0. The maximum atomic E-state index is 12.3. The number of Topliss-reactive ketones (excluding diaryl/α,β-unsaturated/α-hetero) is 1. The Hall–Kier alpha value is -2.60. The maximum Gasteiger partial charge on any atom is 0.200 e. The van der Waals surface area contributed by atoms with Crippen LogP contribution in [0.25, 0.3) is 0 Å². The second-order valence-electron chi connectivity index (χ2n) is 5.51. The van der Waals surface area contributed by atoms with Gasteiger partial charge < -0.3 is 4.74 Å². The molecule has 0 saturated carbocycles. The third-order valence-electron chi connectivity index (χ3n) is 4.04. The molecule has 3 nitrogen and oxygen atoms in total. The molecule has 0 fully saturated rings. The van der Waals surface area contributed by atoms with Crippen molar-refractivity contribution in [3.8, 4) is 11.8 Å². The number of hydrogen-bond acceptors (Lipinski definition) is 3. The number of nitrogens with zero attached hydrogens (tertiary/aromatic N) is 1. The van der Waals surface area contributed by atoms with Crippen LogP contribution in [0.5, 0.6) is 5.75 Å². The van der Waals surface area contributed by atoms with E-state index < -0.39 is 0 Å². The van der Waals surface area contributed by atoms with Crippen LogP contribution in [0, 0.1) is 11.3 Å². The molecule has 110 valence electrons. The summed E-state index contributed by atoms with van der Waals surface area (Å²) in [5.74, 6) is 0.400. The largest absolute Gasteiger partial charge is 0.484 e. The smallest absolute Gasteiger partial charge is 0.200 e. The monoisotopic (exact) mass is 291 g/mol. The lowest BCUT2D eigenvalue weighted by Crippen LogP contribution is -2.13. The van der Waals surface area contributed by atoms with Gasteiger partial charge in [0.2, 0.25) is 0 Å². The van der Waals surface area contributed by atoms with Gasteiger partial charge in [0, 0.05) is 5.56 Å². The summed E-state index contributed by atoms with van der Waals surface area (Å²) in [5, 5.41) is 9.02. The van der Waals surface area contributed by atoms with Crippen molar-refractivity contribution in [2.45, 2.75) is 25.7 Å². The van der Waals surface area contributed by atoms with Gasteiger partial charge in [-0.25, -0.2) is 0 Å². The van der Waals surface area contributed by atoms with Gasteiger partial charge in [0.25, 0.3) is 0 Å². The Morgan fingerprint density at radius 1 is 1.09 bits per heavy atom. The number of ether oxygens (including phenoxy) is 1. The highest BCUT2D eigenvalue weighted by Crippen LogP contribution is 2.23. The predicted molar refractivity (Wildman–Crippen MR) is 84.1 cm³/mol. The number of fused-ring (bicyclic) bond motifs is 1. The number of rotatable bonds is 4. The van der Waals surface area contributed by atoms with E-state index in [0.29, 0.717) is 16.9 Å². The molecule has 0 atom stereocenters. The summed E-state index contributed by atoms with van der Waals surface area (Å²) in [6, 6.07) is 15.0. The van der Waals surface area contributed by atoms with Gasteiger partial charge in [-0.1, -0.05) is 24.3 Å². The van der Waals surface area contributed by atoms with Gasteiger partial charge in [0.1, 0.15) is 11.8 Å². The molecule has 0 saturated heterocycles. The lowest BCUT2D eigenvalue weighted by Gasteiger charge is -2.16. The molecule has 1 aliphatic carbocycles. The minimum Gasteiger partial charge on any atom is -0.484 e. The Labute approximate surface area is 130 Å². The molecule has 0 spiro atoms. The molecule has 0 aromatic heterocycles. The molecule has 22 heavy (non-hydrogen) atoms. The summed E-state index contributed by atoms with van der Waals surface area (Å²) in [4.78, 5) is 12.3. The average molecular weight is 291 g/mol. The molecular formula is C19H17NO2. The first-order valence-corrected chi connectivity index (χ1v) is 7.55. The van der Waals surface area contributed by atoms with Crippen molar-refractivity contribution in [3.63, 3.8) is 0 Å². The summed E-state index contributed by atoms with van der Waals surface area (Å²) in [6.45, 7) is -0.0442. The highest BCUT2D eigenvalue weighted by atomic mass is 16.5. The van der Waals surface area contributed by atoms with Crippen LogP contribution in [-0.2, 0) is 12.8 Å². The van der Waals surface area contributed by atoms with Crippen LogP contribution in [0.1, 0.15) is 39.9 Å². The Kier molecular flexibility index (Phi) is 4.20. The van der Waals surface area contributed by atoms with Gasteiger partial charge in [-0.3, -0.25) is 4.79 Å². The fraction of sp³-hybridized carbons (Fsp3) is 0.263. The van der Waals surface area contributed by atoms with Crippen LogP contribution in [0.3, 0.4) is 0 Å². The van der Waals surface area contributed by atoms with Gasteiger partial charge in [0.15, 0.2) is 12.4 Å². The molecule has 0 bridgehead atoms. The molecule has 0 radical (unpaired) electrons. The molecule has 2 aromatic carbocycles. The van der Waals surface area contributed by atoms with Gasteiger partial charge in [0.05, 0.1) is 5.56 Å². The molecule has 3 heteroatoms. The van der Waals surface area contributed by atoms with E-state index in [1.807, 2.05) is 12.1 Å². The number of carbonyl (C=O) groups excluding carboxylic acids is 1. The highest BCUT2D eigenvalue weighted by Gasteiger charge is 2.14. The van der Waals surface area contributed by atoms with E-state index in [1.165, 1.54) is 24.0 Å². The zero-order chi connectivity index (χ0) is 15.4. The first-order valence-electron chi connectivity index (χ1n) is 7.55. The van der Waals surface area contributed by atoms with E-state index in [4.69, 9.17) is 10.00 Å². The summed E-state index contributed by atoms with van der Waals surface area (Å²) < 4.78 is 5.52. The Morgan fingerprint density at radius 2 is 1.86 bits per heavy atom. The normalized spacial score (nSPS) is 13.0. The topological polar surface area (TPSA) is 50.1 Å². The Morgan fingerprint density at radius 3 is 2.68 bits per heavy atom. The van der Waals surface area contributed by atoms with Crippen LogP contribution in [0.2, 0.25) is 0 Å². The van der Waals surface area contributed by atoms with E-state index in [9.17, 15) is 4.79 Å². The number of aryl methyl sites for hydroxylation is 2. The fourth-order valence-electron chi connectivity index (χ4n) is 2.82. The maximum absolute atomic E-state index is 12.3. The number of ketones is 1. The van der Waals surface area contributed by atoms with Crippen molar-refractivity contribution in [2.24, 2.45) is 0 Å². The summed E-state index contributed by atoms with van der Waals surface area (Å²) in [6.07, 6.45) is 4.58. The minimum absolute atomic E-state index is 0.0442. The SMILES string of the molecule is N#Cc1ccccc1OCC(=O)c1ccc2c(c1)CCCC2. The van der Waals surface area contributed by atoms with E-state index in [2.05, 4.69) is 12.1 Å². The van der Waals surface area contributed by atoms with Crippen LogP contribution in [-0.4, -0.2) is 12.4 Å². The fourth-order valence-corrected chi connectivity index (χ4v) is 2.82. The van der Waals surface area contributed by atoms with Crippen molar-refractivity contribution < 1.29 is 9.53 Å². The average Bonchev–Trinajstić information content (AvgIpc) is 2.59. The molecule has 3 rings (SSSR count). The summed E-state index contributed by atoms with van der Waals surface area (Å²) in [7, 11) is 0. The van der Waals surface area contributed by atoms with Crippen LogP contribution in [0.4, 0.5) is 0 Å². The van der Waals surface area contributed by atoms with Crippen molar-refractivity contribution in [1.29, 1.82) is 5.26 Å². The van der Waals surface area contributed by atoms with Crippen molar-refractivity contribution >= 4 is 5.78 Å². The molecular weight excluding hydrogens is 274 g/mol. The highest BCUT2D eigenvalue weighted by molar-refractivity contribution is 5.97. The third kappa shape index (κ3) is 3.01. The number of para-hydroxylation sites is 1. The van der Waals surface area contributed by atoms with Crippen molar-refractivity contribution in [1.82, 2.24) is 0 Å². The predicted octanol–water partition coefficient (Wildman–Crippen LogP) is 3.70. The van der Waals surface area contributed by atoms with E-state index >= 15 is 0 Å². The van der Waals surface area contributed by atoms with Crippen molar-refractivity contribution in [3.05, 3.63) is 64.7 Å². The number of nitriles is 1. The molecule has 1 aliphatic rings. The van der Waals surface area contributed by atoms with Crippen LogP contribution < -0.4 is 4.74 Å². The zero-order valence-electron chi connectivity index (χ0n) is 12.3. The van der Waals surface area contributed by atoms with E-state index in [1.54, 1.807) is 24.3 Å². The van der Waals surface area contributed by atoms with Gasteiger partial charge in [-0.15, -0.1) is 0 Å². The quantitative estimate of drug-likeness (QED) is 0.807. The summed E-state index contributed by atoms with van der Waals surface area (Å²) in [5.41, 5.74) is 3.78. The minimum atomic E-state index is -0.0545. The Bertz CT molecular complexity index is 743. The second-order valence-corrected chi connectivity index (χ2v) is 5.51. The molecule has 0 unspecified atom stereocenters. The van der Waals surface area contributed by atoms with E-state index in [0.717, 1.165) is 12.8 Å². The number of carbonyl (C=O) groups is 1. The third-order valence-corrected chi connectivity index (χ3v) is 4.04. The molecule has 0 amide bonds. The standard InChI is InChI=1S/C19H17NO2/c20-12-17-7-3-4-8-19(17)22-13-18(21)16-10-9-14-5-1-2-6-15(14)11-16/h3-4,7-11H,1-2,5-6,13H2. The lowest BCUT2D eigenvalue weighted by atomic mass is 9.90. The van der Waals surface area contributed by atoms with Gasteiger partial charge in [-0.05, 0) is 55.0 Å². The van der Waals surface area contributed by atoms with Gasteiger partial charge in [-0.2, -0.15) is 5.26 Å². The van der Waals surface area contributed by atoms with Crippen LogP contribution >= 0.6 is 0 Å². The Balaban J connectivity index is 1.71. The van der Waals surface area contributed by atoms with E-state index in [-0.39, 0.29) is 12.4 Å². The van der Waals surface area contributed by atoms with Gasteiger partial charge >= 0.3 is 0 Å². The first-order chi connectivity index (χ1) is 10.8. The molecule has 2 aromatic rings. The molecule has 0 aliphatic heterocycles. The molecule has 0 N–H and O–H groups in total. The molecule has 0 heterocycles.